The van der Waals surface area contributed by atoms with E-state index in [-0.39, 0.29) is 5.66 Å². The van der Waals surface area contributed by atoms with Gasteiger partial charge in [0, 0.05) is 17.8 Å². The molecule has 1 aromatic rings. The first kappa shape index (κ1) is 11.1. The first-order chi connectivity index (χ1) is 7.72. The molecule has 0 spiro atoms. The number of benzene rings is 1. The molecule has 1 atom stereocenters. The summed E-state index contributed by atoms with van der Waals surface area (Å²) in [5.41, 5.74) is 1.43. The van der Waals surface area contributed by atoms with Crippen molar-refractivity contribution in [1.82, 2.24) is 5.32 Å². The van der Waals surface area contributed by atoms with Gasteiger partial charge in [-0.05, 0) is 31.2 Å². The monoisotopic (exact) mass is 220 g/mol. The van der Waals surface area contributed by atoms with Crippen molar-refractivity contribution in [2.24, 2.45) is 0 Å². The van der Waals surface area contributed by atoms with Gasteiger partial charge >= 0.3 is 0 Å². The van der Waals surface area contributed by atoms with Crippen LogP contribution in [-0.2, 0) is 4.74 Å². The minimum atomic E-state index is -0.235. The Labute approximate surface area is 95.0 Å². The van der Waals surface area contributed by atoms with Crippen molar-refractivity contribution < 1.29 is 9.53 Å². The van der Waals surface area contributed by atoms with Crippen molar-refractivity contribution in [2.45, 2.75) is 12.6 Å². The zero-order valence-corrected chi connectivity index (χ0v) is 9.32. The summed E-state index contributed by atoms with van der Waals surface area (Å²) in [7, 11) is 0. The predicted molar refractivity (Wildman–Crippen MR) is 62.7 cm³/mol. The van der Waals surface area contributed by atoms with Gasteiger partial charge in [0.25, 0.3) is 0 Å². The van der Waals surface area contributed by atoms with Gasteiger partial charge < -0.3 is 10.1 Å². The highest BCUT2D eigenvalue weighted by Gasteiger charge is 2.26. The van der Waals surface area contributed by atoms with Crippen LogP contribution >= 0.6 is 0 Å². The Morgan fingerprint density at radius 3 is 2.75 bits per heavy atom. The molecule has 0 bridgehead atoms. The smallest absolute Gasteiger partial charge is 0.150 e. The van der Waals surface area contributed by atoms with E-state index in [0.29, 0.717) is 12.2 Å². The summed E-state index contributed by atoms with van der Waals surface area (Å²) in [5.74, 6) is 0. The maximum absolute atomic E-state index is 10.5. The minimum absolute atomic E-state index is 0.235. The molecule has 1 aromatic carbocycles. The third-order valence-corrected chi connectivity index (χ3v) is 2.62. The SMILES string of the molecule is C[C@@]1(Nc2ccc(C=O)cc2)COCCN1. The molecule has 4 nitrogen and oxygen atoms in total. The van der Waals surface area contributed by atoms with Gasteiger partial charge in [0.05, 0.1) is 13.2 Å². The summed E-state index contributed by atoms with van der Waals surface area (Å²) >= 11 is 0. The molecule has 0 aromatic heterocycles. The van der Waals surface area contributed by atoms with Crippen LogP contribution < -0.4 is 10.6 Å². The number of carbonyl (C=O) groups excluding carboxylic acids is 1. The number of ether oxygens (including phenoxy) is 1. The number of nitrogens with one attached hydrogen (secondary N) is 2. The average Bonchev–Trinajstić information content (AvgIpc) is 2.30. The summed E-state index contributed by atoms with van der Waals surface area (Å²) in [6.07, 6.45) is 0.841. The van der Waals surface area contributed by atoms with E-state index in [2.05, 4.69) is 17.6 Å². The van der Waals surface area contributed by atoms with E-state index in [0.717, 1.165) is 25.1 Å². The zero-order valence-electron chi connectivity index (χ0n) is 9.32. The highest BCUT2D eigenvalue weighted by Crippen LogP contribution is 2.15. The van der Waals surface area contributed by atoms with Gasteiger partial charge in [-0.25, -0.2) is 0 Å². The van der Waals surface area contributed by atoms with Gasteiger partial charge in [0.1, 0.15) is 11.9 Å². The van der Waals surface area contributed by atoms with Gasteiger partial charge in [-0.1, -0.05) is 0 Å². The molecular weight excluding hydrogens is 204 g/mol. The van der Waals surface area contributed by atoms with E-state index < -0.39 is 0 Å². The summed E-state index contributed by atoms with van der Waals surface area (Å²) < 4.78 is 5.42. The van der Waals surface area contributed by atoms with Crippen LogP contribution in [0.5, 0.6) is 0 Å². The third-order valence-electron chi connectivity index (χ3n) is 2.62. The molecule has 0 radical (unpaired) electrons. The van der Waals surface area contributed by atoms with E-state index in [1.165, 1.54) is 0 Å². The van der Waals surface area contributed by atoms with Gasteiger partial charge in [0.2, 0.25) is 0 Å². The number of morpholine rings is 1. The van der Waals surface area contributed by atoms with Gasteiger partial charge in [0.15, 0.2) is 0 Å². The maximum atomic E-state index is 10.5. The number of hydrogen-bond acceptors (Lipinski definition) is 4. The largest absolute Gasteiger partial charge is 0.376 e. The Balaban J connectivity index is 2.04. The van der Waals surface area contributed by atoms with Crippen molar-refractivity contribution in [3.8, 4) is 0 Å². The summed E-state index contributed by atoms with van der Waals surface area (Å²) in [5, 5.41) is 6.72. The Kier molecular flexibility index (Phi) is 3.22. The molecule has 0 saturated carbocycles. The Morgan fingerprint density at radius 2 is 2.19 bits per heavy atom. The second-order valence-electron chi connectivity index (χ2n) is 4.18. The number of rotatable bonds is 3. The summed E-state index contributed by atoms with van der Waals surface area (Å²) in [6, 6.07) is 7.38. The van der Waals surface area contributed by atoms with Crippen molar-refractivity contribution in [1.29, 1.82) is 0 Å². The van der Waals surface area contributed by atoms with Crippen LogP contribution in [0.25, 0.3) is 0 Å². The Bertz CT molecular complexity index is 356. The molecule has 1 heterocycles. The molecule has 0 unspecified atom stereocenters. The lowest BCUT2D eigenvalue weighted by Gasteiger charge is -2.36. The van der Waals surface area contributed by atoms with Gasteiger partial charge in [-0.15, -0.1) is 0 Å². The van der Waals surface area contributed by atoms with Crippen molar-refractivity contribution in [3.63, 3.8) is 0 Å². The third kappa shape index (κ3) is 2.59. The normalized spacial score (nSPS) is 25.1. The lowest BCUT2D eigenvalue weighted by atomic mass is 10.1. The molecule has 2 rings (SSSR count). The first-order valence-corrected chi connectivity index (χ1v) is 5.38. The lowest BCUT2D eigenvalue weighted by molar-refractivity contribution is 0.0474. The molecule has 1 fully saturated rings. The van der Waals surface area contributed by atoms with Gasteiger partial charge in [-0.3, -0.25) is 10.1 Å². The standard InChI is InChI=1S/C12H16N2O2/c1-12(9-16-7-6-13-12)14-11-4-2-10(8-15)3-5-11/h2-5,8,13-14H,6-7,9H2,1H3/t12-/m1/s1. The van der Waals surface area contributed by atoms with E-state index in [1.54, 1.807) is 12.1 Å². The molecule has 16 heavy (non-hydrogen) atoms. The second kappa shape index (κ2) is 4.63. The molecular formula is C12H16N2O2. The number of anilines is 1. The molecule has 1 saturated heterocycles. The van der Waals surface area contributed by atoms with Crippen LogP contribution in [0.4, 0.5) is 5.69 Å². The van der Waals surface area contributed by atoms with Crippen molar-refractivity contribution >= 4 is 12.0 Å². The highest BCUT2D eigenvalue weighted by atomic mass is 16.5. The van der Waals surface area contributed by atoms with Crippen molar-refractivity contribution in [3.05, 3.63) is 29.8 Å². The molecule has 1 aliphatic heterocycles. The first-order valence-electron chi connectivity index (χ1n) is 5.38. The van der Waals surface area contributed by atoms with E-state index in [4.69, 9.17) is 4.74 Å². The molecule has 0 aliphatic carbocycles. The van der Waals surface area contributed by atoms with E-state index >= 15 is 0 Å². The van der Waals surface area contributed by atoms with Crippen LogP contribution in [0.2, 0.25) is 0 Å². The van der Waals surface area contributed by atoms with E-state index in [1.807, 2.05) is 12.1 Å². The summed E-state index contributed by atoms with van der Waals surface area (Å²) in [6.45, 7) is 4.28. The topological polar surface area (TPSA) is 50.4 Å². The van der Waals surface area contributed by atoms with Gasteiger partial charge in [-0.2, -0.15) is 0 Å². The van der Waals surface area contributed by atoms with Crippen LogP contribution in [0.15, 0.2) is 24.3 Å². The number of carbonyl (C=O) groups is 1. The van der Waals surface area contributed by atoms with Crippen LogP contribution in [-0.4, -0.2) is 31.7 Å². The number of hydrogen-bond donors (Lipinski definition) is 2. The van der Waals surface area contributed by atoms with Crippen LogP contribution in [0.1, 0.15) is 17.3 Å². The zero-order chi connectivity index (χ0) is 11.4. The van der Waals surface area contributed by atoms with Crippen molar-refractivity contribution in [2.75, 3.05) is 25.1 Å². The molecule has 2 N–H and O–H groups in total. The maximum Gasteiger partial charge on any atom is 0.150 e. The number of aldehydes is 1. The minimum Gasteiger partial charge on any atom is -0.376 e. The highest BCUT2D eigenvalue weighted by molar-refractivity contribution is 5.75. The quantitative estimate of drug-likeness (QED) is 0.753. The fourth-order valence-electron chi connectivity index (χ4n) is 1.77. The molecule has 4 heteroatoms. The summed E-state index contributed by atoms with van der Waals surface area (Å²) in [4.78, 5) is 10.5. The molecule has 1 aliphatic rings. The van der Waals surface area contributed by atoms with E-state index in [9.17, 15) is 4.79 Å². The Morgan fingerprint density at radius 1 is 1.44 bits per heavy atom. The van der Waals surface area contributed by atoms with Crippen LogP contribution in [0.3, 0.4) is 0 Å². The second-order valence-corrected chi connectivity index (χ2v) is 4.18. The lowest BCUT2D eigenvalue weighted by Crippen LogP contribution is -2.57. The fourth-order valence-corrected chi connectivity index (χ4v) is 1.77. The Hall–Kier alpha value is -1.39. The fraction of sp³-hybridized carbons (Fsp3) is 0.417. The average molecular weight is 220 g/mol. The predicted octanol–water partition coefficient (Wildman–Crippen LogP) is 1.25. The molecule has 86 valence electrons. The van der Waals surface area contributed by atoms with Crippen LogP contribution in [0, 0.1) is 0 Å². The molecule has 0 amide bonds.